The van der Waals surface area contributed by atoms with Crippen molar-refractivity contribution in [2.24, 2.45) is 0 Å². The lowest BCUT2D eigenvalue weighted by atomic mass is 9.79. The number of hydrogen-bond acceptors (Lipinski definition) is 4. The van der Waals surface area contributed by atoms with Crippen LogP contribution in [-0.4, -0.2) is 27.0 Å². The largest absolute Gasteiger partial charge is 0.611 e. The van der Waals surface area contributed by atoms with Crippen molar-refractivity contribution in [2.45, 2.75) is 70.1 Å². The lowest BCUT2D eigenvalue weighted by Gasteiger charge is -2.28. The number of ether oxygens (including phenoxy) is 1. The van der Waals surface area contributed by atoms with Crippen molar-refractivity contribution in [1.82, 2.24) is 4.98 Å². The molecule has 6 heteroatoms. The average Bonchev–Trinajstić information content (AvgIpc) is 2.71. The third-order valence-corrected chi connectivity index (χ3v) is 7.07. The molecular formula is C27H35NO4S. The summed E-state index contributed by atoms with van der Waals surface area (Å²) in [6.07, 6.45) is 1.55. The van der Waals surface area contributed by atoms with Gasteiger partial charge in [0, 0.05) is 40.2 Å². The smallest absolute Gasteiger partial charge is 0.248 e. The van der Waals surface area contributed by atoms with Crippen LogP contribution in [0.4, 0.5) is 0 Å². The number of aromatic nitrogens is 1. The molecule has 0 aliphatic heterocycles. The van der Waals surface area contributed by atoms with Crippen molar-refractivity contribution in [2.75, 3.05) is 12.4 Å². The van der Waals surface area contributed by atoms with Crippen LogP contribution in [0.1, 0.15) is 65.5 Å². The van der Waals surface area contributed by atoms with Gasteiger partial charge in [-0.1, -0.05) is 41.5 Å². The molecule has 1 aromatic heterocycles. The second-order valence-corrected chi connectivity index (χ2v) is 12.1. The first kappa shape index (κ1) is 25.2. The van der Waals surface area contributed by atoms with Crippen LogP contribution in [0.2, 0.25) is 0 Å². The molecule has 0 aliphatic rings. The molecule has 33 heavy (non-hydrogen) atoms. The summed E-state index contributed by atoms with van der Waals surface area (Å²) in [4.78, 5) is 15.0. The predicted octanol–water partition coefficient (Wildman–Crippen LogP) is 5.80. The van der Waals surface area contributed by atoms with Gasteiger partial charge in [-0.25, -0.2) is 0 Å². The number of pyridine rings is 1. The van der Waals surface area contributed by atoms with Crippen LogP contribution < -0.4 is 10.3 Å². The lowest BCUT2D eigenvalue weighted by Crippen LogP contribution is -2.19. The molecule has 3 rings (SSSR count). The van der Waals surface area contributed by atoms with Crippen molar-refractivity contribution >= 4 is 22.1 Å². The van der Waals surface area contributed by atoms with Crippen LogP contribution in [0.25, 0.3) is 10.9 Å². The molecule has 0 bridgehead atoms. The fourth-order valence-electron chi connectivity index (χ4n) is 3.75. The fraction of sp³-hybridized carbons (Fsp3) is 0.444. The van der Waals surface area contributed by atoms with E-state index in [9.17, 15) is 14.5 Å². The van der Waals surface area contributed by atoms with Crippen LogP contribution in [-0.2, 0) is 22.0 Å². The number of H-pyrrole nitrogens is 1. The minimum absolute atomic E-state index is 0.123. The molecule has 2 N–H and O–H groups in total. The summed E-state index contributed by atoms with van der Waals surface area (Å²) in [7, 11) is 0. The van der Waals surface area contributed by atoms with Crippen molar-refractivity contribution in [3.8, 4) is 11.5 Å². The Balaban J connectivity index is 1.61. The third kappa shape index (κ3) is 6.33. The Bertz CT molecular complexity index is 1140. The third-order valence-electron chi connectivity index (χ3n) is 5.65. The number of rotatable bonds is 7. The maximum absolute atomic E-state index is 13.1. The van der Waals surface area contributed by atoms with Gasteiger partial charge in [-0.15, -0.1) is 0 Å². The van der Waals surface area contributed by atoms with Crippen LogP contribution in [0.15, 0.2) is 52.2 Å². The van der Waals surface area contributed by atoms with Crippen LogP contribution >= 0.6 is 0 Å². The van der Waals surface area contributed by atoms with E-state index in [0.29, 0.717) is 18.1 Å². The van der Waals surface area contributed by atoms with Gasteiger partial charge < -0.3 is 19.4 Å². The summed E-state index contributed by atoms with van der Waals surface area (Å²) in [6, 6.07) is 12.7. The normalized spacial score (nSPS) is 13.3. The number of nitrogens with one attached hydrogen (secondary N) is 1. The van der Waals surface area contributed by atoms with E-state index in [-0.39, 0.29) is 16.4 Å². The van der Waals surface area contributed by atoms with E-state index >= 15 is 0 Å². The van der Waals surface area contributed by atoms with E-state index in [1.807, 2.05) is 30.3 Å². The summed E-state index contributed by atoms with van der Waals surface area (Å²) in [6.45, 7) is 12.9. The maximum Gasteiger partial charge on any atom is 0.248 e. The van der Waals surface area contributed by atoms with Crippen molar-refractivity contribution < 1.29 is 14.4 Å². The standard InChI is InChI=1S/C27H35NO4S/c1-26(2,3)21-16-20(17-22(25(21)30)27(4,5)6)33(31)14-8-7-13-32-19-10-11-23-18(15-19)9-12-24(29)28-23/h9-12,15-17,30H,7-8,13-14H2,1-6H3,(H,28,29). The number of phenols is 1. The molecule has 0 spiro atoms. The first-order chi connectivity index (χ1) is 15.4. The molecule has 0 fully saturated rings. The number of phenolic OH excluding ortho intramolecular Hbond substituents is 1. The molecule has 2 aromatic carbocycles. The second kappa shape index (κ2) is 9.82. The topological polar surface area (TPSA) is 85.4 Å². The van der Waals surface area contributed by atoms with Gasteiger partial charge in [0.2, 0.25) is 5.56 Å². The van der Waals surface area contributed by atoms with Crippen LogP contribution in [0, 0.1) is 0 Å². The summed E-state index contributed by atoms with van der Waals surface area (Å²) in [5.74, 6) is 1.60. The molecule has 5 nitrogen and oxygen atoms in total. The Morgan fingerprint density at radius 1 is 0.939 bits per heavy atom. The number of aromatic amines is 1. The van der Waals surface area contributed by atoms with Gasteiger partial charge in [-0.05, 0) is 59.1 Å². The zero-order chi connectivity index (χ0) is 24.4. The van der Waals surface area contributed by atoms with E-state index in [0.717, 1.165) is 45.5 Å². The highest BCUT2D eigenvalue weighted by Crippen LogP contribution is 2.40. The monoisotopic (exact) mass is 469 g/mol. The number of benzene rings is 2. The number of aromatic hydroxyl groups is 1. The summed E-state index contributed by atoms with van der Waals surface area (Å²) in [5, 5.41) is 11.8. The summed E-state index contributed by atoms with van der Waals surface area (Å²) < 4.78 is 18.9. The predicted molar refractivity (Wildman–Crippen MR) is 136 cm³/mol. The first-order valence-corrected chi connectivity index (χ1v) is 12.7. The molecule has 1 heterocycles. The number of unbranched alkanes of at least 4 members (excludes halogenated alkanes) is 1. The zero-order valence-corrected chi connectivity index (χ0v) is 21.3. The molecule has 0 amide bonds. The highest BCUT2D eigenvalue weighted by molar-refractivity contribution is 7.91. The minimum atomic E-state index is -1.15. The minimum Gasteiger partial charge on any atom is -0.611 e. The lowest BCUT2D eigenvalue weighted by molar-refractivity contribution is 0.310. The zero-order valence-electron chi connectivity index (χ0n) is 20.5. The van der Waals surface area contributed by atoms with Gasteiger partial charge >= 0.3 is 0 Å². The van der Waals surface area contributed by atoms with Gasteiger partial charge in [0.25, 0.3) is 0 Å². The summed E-state index contributed by atoms with van der Waals surface area (Å²) >= 11 is -1.15. The average molecular weight is 470 g/mol. The van der Waals surface area contributed by atoms with Gasteiger partial charge in [-0.2, -0.15) is 0 Å². The Morgan fingerprint density at radius 3 is 2.18 bits per heavy atom. The molecule has 3 aromatic rings. The second-order valence-electron chi connectivity index (χ2n) is 10.5. The van der Waals surface area contributed by atoms with Crippen molar-refractivity contribution in [3.05, 3.63) is 63.9 Å². The molecule has 0 saturated carbocycles. The molecule has 1 atom stereocenters. The molecule has 178 valence electrons. The quantitative estimate of drug-likeness (QED) is 0.338. The van der Waals surface area contributed by atoms with Gasteiger partial charge in [-0.3, -0.25) is 4.79 Å². The van der Waals surface area contributed by atoms with E-state index < -0.39 is 11.2 Å². The van der Waals surface area contributed by atoms with E-state index in [1.54, 1.807) is 6.07 Å². The summed E-state index contributed by atoms with van der Waals surface area (Å²) in [5.41, 5.74) is 1.83. The number of hydrogen-bond donors (Lipinski definition) is 2. The van der Waals surface area contributed by atoms with Crippen molar-refractivity contribution in [3.63, 3.8) is 0 Å². The highest BCUT2D eigenvalue weighted by atomic mass is 32.2. The Kier molecular flexibility index (Phi) is 7.49. The van der Waals surface area contributed by atoms with Gasteiger partial charge in [0.05, 0.1) is 6.61 Å². The molecule has 0 saturated heterocycles. The first-order valence-electron chi connectivity index (χ1n) is 11.4. The van der Waals surface area contributed by atoms with Crippen LogP contribution in [0.3, 0.4) is 0 Å². The SMILES string of the molecule is CC(C)(C)c1cc([S+]([O-])CCCCOc2ccc3[nH]c(=O)ccc3c2)cc(C(C)(C)C)c1O. The fourth-order valence-corrected chi connectivity index (χ4v) is 4.95. The molecule has 0 radical (unpaired) electrons. The van der Waals surface area contributed by atoms with E-state index in [4.69, 9.17) is 4.74 Å². The number of fused-ring (bicyclic) bond motifs is 1. The van der Waals surface area contributed by atoms with Crippen LogP contribution in [0.5, 0.6) is 11.5 Å². The van der Waals surface area contributed by atoms with Gasteiger partial charge in [0.1, 0.15) is 17.3 Å². The van der Waals surface area contributed by atoms with E-state index in [2.05, 4.69) is 46.5 Å². The molecular weight excluding hydrogens is 434 g/mol. The molecule has 0 aliphatic carbocycles. The Hall–Kier alpha value is -2.44. The van der Waals surface area contributed by atoms with E-state index in [1.165, 1.54) is 6.07 Å². The maximum atomic E-state index is 13.1. The highest BCUT2D eigenvalue weighted by Gasteiger charge is 2.29. The Morgan fingerprint density at radius 2 is 1.58 bits per heavy atom. The van der Waals surface area contributed by atoms with Gasteiger partial charge in [0.15, 0.2) is 4.90 Å². The Labute approximate surface area is 199 Å². The van der Waals surface area contributed by atoms with Crippen molar-refractivity contribution in [1.29, 1.82) is 0 Å². The molecule has 1 unspecified atom stereocenters.